The molecule has 0 aromatic carbocycles. The second kappa shape index (κ2) is 8.50. The van der Waals surface area contributed by atoms with Crippen molar-refractivity contribution in [2.75, 3.05) is 33.7 Å². The molecule has 0 bridgehead atoms. The average molecular weight is 298 g/mol. The molecule has 1 rings (SSSR count). The first kappa shape index (κ1) is 18.9. The Morgan fingerprint density at radius 3 is 2.38 bits per heavy atom. The van der Waals surface area contributed by atoms with Crippen LogP contribution in [0.5, 0.6) is 0 Å². The number of nitrogens with zero attached hydrogens (tertiary/aromatic N) is 2. The number of likely N-dealkylation sites (N-methyl/N-ethyl adjacent to an activating group) is 2. The minimum Gasteiger partial charge on any atom is -0.329 e. The van der Waals surface area contributed by atoms with Gasteiger partial charge in [-0.05, 0) is 58.7 Å². The van der Waals surface area contributed by atoms with E-state index in [0.717, 1.165) is 31.5 Å². The summed E-state index contributed by atoms with van der Waals surface area (Å²) < 4.78 is 0. The third kappa shape index (κ3) is 5.22. The van der Waals surface area contributed by atoms with Crippen molar-refractivity contribution in [3.8, 4) is 0 Å². The molecule has 0 saturated heterocycles. The van der Waals surface area contributed by atoms with Crippen LogP contribution < -0.4 is 5.73 Å². The first-order chi connectivity index (χ1) is 9.84. The highest BCUT2D eigenvalue weighted by Crippen LogP contribution is 2.39. The minimum atomic E-state index is 0.238. The highest BCUT2D eigenvalue weighted by atomic mass is 15.3. The SMILES string of the molecule is CCN(C(C)CN(C)C)C1(CN)CCCC(CC(C)C)C1. The molecule has 3 unspecified atom stereocenters. The Morgan fingerprint density at radius 2 is 1.90 bits per heavy atom. The van der Waals surface area contributed by atoms with E-state index in [1.165, 1.54) is 32.1 Å². The lowest BCUT2D eigenvalue weighted by Gasteiger charge is -2.51. The van der Waals surface area contributed by atoms with Crippen molar-refractivity contribution in [2.45, 2.75) is 71.4 Å². The molecule has 1 aliphatic carbocycles. The van der Waals surface area contributed by atoms with Gasteiger partial charge in [0.15, 0.2) is 0 Å². The number of rotatable bonds is 8. The molecule has 1 fully saturated rings. The molecule has 126 valence electrons. The monoisotopic (exact) mass is 297 g/mol. The average Bonchev–Trinajstić information content (AvgIpc) is 2.38. The van der Waals surface area contributed by atoms with Gasteiger partial charge >= 0.3 is 0 Å². The number of hydrogen-bond acceptors (Lipinski definition) is 3. The van der Waals surface area contributed by atoms with Crippen molar-refractivity contribution < 1.29 is 0 Å². The smallest absolute Gasteiger partial charge is 0.0337 e. The maximum absolute atomic E-state index is 6.32. The van der Waals surface area contributed by atoms with Gasteiger partial charge < -0.3 is 10.6 Å². The highest BCUT2D eigenvalue weighted by molar-refractivity contribution is 4.98. The molecule has 21 heavy (non-hydrogen) atoms. The van der Waals surface area contributed by atoms with Crippen LogP contribution in [0.3, 0.4) is 0 Å². The van der Waals surface area contributed by atoms with Crippen molar-refractivity contribution in [3.05, 3.63) is 0 Å². The van der Waals surface area contributed by atoms with Crippen LogP contribution >= 0.6 is 0 Å². The molecular weight excluding hydrogens is 258 g/mol. The van der Waals surface area contributed by atoms with E-state index in [-0.39, 0.29) is 5.54 Å². The molecule has 3 heteroatoms. The van der Waals surface area contributed by atoms with Gasteiger partial charge in [-0.25, -0.2) is 0 Å². The van der Waals surface area contributed by atoms with Gasteiger partial charge in [0.1, 0.15) is 0 Å². The first-order valence-electron chi connectivity index (χ1n) is 8.96. The molecular formula is C18H39N3. The van der Waals surface area contributed by atoms with Gasteiger partial charge in [-0.3, -0.25) is 4.90 Å². The molecule has 1 aliphatic rings. The van der Waals surface area contributed by atoms with Crippen molar-refractivity contribution in [2.24, 2.45) is 17.6 Å². The Labute approximate surface area is 133 Å². The predicted molar refractivity (Wildman–Crippen MR) is 93.6 cm³/mol. The van der Waals surface area contributed by atoms with Gasteiger partial charge in [0, 0.05) is 24.7 Å². The third-order valence-electron chi connectivity index (χ3n) is 5.22. The second-order valence-corrected chi connectivity index (χ2v) is 7.92. The van der Waals surface area contributed by atoms with Crippen LogP contribution in [-0.2, 0) is 0 Å². The highest BCUT2D eigenvalue weighted by Gasteiger charge is 2.41. The second-order valence-electron chi connectivity index (χ2n) is 7.92. The van der Waals surface area contributed by atoms with Crippen LogP contribution in [-0.4, -0.2) is 55.1 Å². The molecule has 0 aromatic heterocycles. The quantitative estimate of drug-likeness (QED) is 0.747. The first-order valence-corrected chi connectivity index (χ1v) is 8.96. The molecule has 0 amide bonds. The molecule has 0 heterocycles. The summed E-state index contributed by atoms with van der Waals surface area (Å²) in [4.78, 5) is 5.01. The van der Waals surface area contributed by atoms with Gasteiger partial charge in [0.05, 0.1) is 0 Å². The van der Waals surface area contributed by atoms with E-state index in [1.807, 2.05) is 0 Å². The van der Waals surface area contributed by atoms with Gasteiger partial charge in [0.25, 0.3) is 0 Å². The van der Waals surface area contributed by atoms with Crippen LogP contribution in [0.1, 0.15) is 59.8 Å². The zero-order valence-corrected chi connectivity index (χ0v) is 15.4. The summed E-state index contributed by atoms with van der Waals surface area (Å²) in [6.07, 6.45) is 6.69. The summed E-state index contributed by atoms with van der Waals surface area (Å²) in [6, 6.07) is 0.575. The van der Waals surface area contributed by atoms with E-state index in [0.29, 0.717) is 6.04 Å². The van der Waals surface area contributed by atoms with Crippen molar-refractivity contribution >= 4 is 0 Å². The Bertz CT molecular complexity index is 290. The third-order valence-corrected chi connectivity index (χ3v) is 5.22. The topological polar surface area (TPSA) is 32.5 Å². The normalized spacial score (nSPS) is 28.6. The van der Waals surface area contributed by atoms with Crippen LogP contribution in [0.4, 0.5) is 0 Å². The number of nitrogens with two attached hydrogens (primary N) is 1. The summed E-state index contributed by atoms with van der Waals surface area (Å²) in [5.74, 6) is 1.67. The van der Waals surface area contributed by atoms with E-state index in [9.17, 15) is 0 Å². The van der Waals surface area contributed by atoms with Crippen molar-refractivity contribution in [1.82, 2.24) is 9.80 Å². The lowest BCUT2D eigenvalue weighted by atomic mass is 9.71. The summed E-state index contributed by atoms with van der Waals surface area (Å²) in [5.41, 5.74) is 6.56. The molecule has 2 N–H and O–H groups in total. The van der Waals surface area contributed by atoms with E-state index in [1.54, 1.807) is 0 Å². The van der Waals surface area contributed by atoms with Crippen LogP contribution in [0, 0.1) is 11.8 Å². The largest absolute Gasteiger partial charge is 0.329 e. The minimum absolute atomic E-state index is 0.238. The summed E-state index contributed by atoms with van der Waals surface area (Å²) in [7, 11) is 4.34. The molecule has 0 aromatic rings. The number of hydrogen-bond donors (Lipinski definition) is 1. The molecule has 3 nitrogen and oxygen atoms in total. The zero-order valence-electron chi connectivity index (χ0n) is 15.4. The zero-order chi connectivity index (χ0) is 16.0. The van der Waals surface area contributed by atoms with Crippen LogP contribution in [0.25, 0.3) is 0 Å². The van der Waals surface area contributed by atoms with Crippen molar-refractivity contribution in [1.29, 1.82) is 0 Å². The van der Waals surface area contributed by atoms with Gasteiger partial charge in [-0.1, -0.05) is 33.6 Å². The summed E-state index contributed by atoms with van der Waals surface area (Å²) >= 11 is 0. The molecule has 1 saturated carbocycles. The molecule has 0 aliphatic heterocycles. The van der Waals surface area contributed by atoms with Crippen LogP contribution in [0.2, 0.25) is 0 Å². The lowest BCUT2D eigenvalue weighted by Crippen LogP contribution is -2.60. The Balaban J connectivity index is 2.84. The summed E-state index contributed by atoms with van der Waals surface area (Å²) in [5, 5.41) is 0. The fourth-order valence-electron chi connectivity index (χ4n) is 4.63. The lowest BCUT2D eigenvalue weighted by molar-refractivity contribution is 0.000917. The fourth-order valence-corrected chi connectivity index (χ4v) is 4.63. The molecule has 0 radical (unpaired) electrons. The van der Waals surface area contributed by atoms with E-state index >= 15 is 0 Å². The maximum atomic E-state index is 6.32. The molecule has 0 spiro atoms. The Kier molecular flexibility index (Phi) is 7.66. The van der Waals surface area contributed by atoms with Gasteiger partial charge in [-0.15, -0.1) is 0 Å². The van der Waals surface area contributed by atoms with E-state index in [2.05, 4.69) is 51.6 Å². The van der Waals surface area contributed by atoms with Gasteiger partial charge in [0.2, 0.25) is 0 Å². The predicted octanol–water partition coefficient (Wildman–Crippen LogP) is 3.19. The standard InChI is InChI=1S/C18H39N3/c1-7-21(16(4)13-20(5)6)18(14-19)10-8-9-17(12-18)11-15(2)3/h15-17H,7-14,19H2,1-6H3. The summed E-state index contributed by atoms with van der Waals surface area (Å²) in [6.45, 7) is 12.4. The van der Waals surface area contributed by atoms with Gasteiger partial charge in [-0.2, -0.15) is 0 Å². The molecule has 3 atom stereocenters. The fraction of sp³-hybridized carbons (Fsp3) is 1.00. The van der Waals surface area contributed by atoms with Crippen molar-refractivity contribution in [3.63, 3.8) is 0 Å². The maximum Gasteiger partial charge on any atom is 0.0337 e. The Morgan fingerprint density at radius 1 is 1.24 bits per heavy atom. The Hall–Kier alpha value is -0.120. The van der Waals surface area contributed by atoms with E-state index < -0.39 is 0 Å². The van der Waals surface area contributed by atoms with Crippen LogP contribution in [0.15, 0.2) is 0 Å². The van der Waals surface area contributed by atoms with E-state index in [4.69, 9.17) is 5.73 Å².